The number of halogens is 1. The molecule has 1 aromatic heterocycles. The van der Waals surface area contributed by atoms with Crippen LogP contribution in [0.5, 0.6) is 0 Å². The summed E-state index contributed by atoms with van der Waals surface area (Å²) in [6, 6.07) is 14.6. The molecule has 4 rings (SSSR count). The number of hydrogen-bond acceptors (Lipinski definition) is 1. The zero-order valence-electron chi connectivity index (χ0n) is 14.7. The van der Waals surface area contributed by atoms with Gasteiger partial charge in [-0.3, -0.25) is 4.79 Å². The number of amides is 1. The lowest BCUT2D eigenvalue weighted by atomic mass is 9.90. The molecule has 0 spiro atoms. The van der Waals surface area contributed by atoms with Gasteiger partial charge in [0.2, 0.25) is 5.91 Å². The Hall–Kier alpha value is -2.62. The Labute approximate surface area is 152 Å². The molecule has 1 aliphatic rings. The second kappa shape index (κ2) is 7.32. The van der Waals surface area contributed by atoms with Crippen LogP contribution in [0.1, 0.15) is 24.0 Å². The lowest BCUT2D eigenvalue weighted by Gasteiger charge is -2.32. The number of aromatic nitrogens is 1. The molecule has 1 aliphatic heterocycles. The molecule has 1 N–H and O–H groups in total. The number of hydrogen-bond donors (Lipinski definition) is 1. The number of benzene rings is 2. The molecule has 26 heavy (non-hydrogen) atoms. The Morgan fingerprint density at radius 1 is 1.08 bits per heavy atom. The third kappa shape index (κ3) is 3.64. The maximum Gasteiger partial charge on any atom is 0.226 e. The highest BCUT2D eigenvalue weighted by atomic mass is 19.1. The SMILES string of the molecule is O=C(Cc1ccc(F)cc1)N1CCC(Cc2c[nH]c3ccccc23)CC1. The van der Waals surface area contributed by atoms with Crippen LogP contribution < -0.4 is 0 Å². The third-order valence-electron chi connectivity index (χ3n) is 5.42. The van der Waals surface area contributed by atoms with Gasteiger partial charge < -0.3 is 9.88 Å². The van der Waals surface area contributed by atoms with Crippen LogP contribution in [0, 0.1) is 11.7 Å². The van der Waals surface area contributed by atoms with E-state index >= 15 is 0 Å². The fraction of sp³-hybridized carbons (Fsp3) is 0.318. The molecule has 0 aliphatic carbocycles. The van der Waals surface area contributed by atoms with Gasteiger partial charge >= 0.3 is 0 Å². The second-order valence-corrected chi connectivity index (χ2v) is 7.19. The van der Waals surface area contributed by atoms with Gasteiger partial charge in [0.25, 0.3) is 0 Å². The van der Waals surface area contributed by atoms with Crippen molar-refractivity contribution in [1.82, 2.24) is 9.88 Å². The fourth-order valence-electron chi connectivity index (χ4n) is 3.89. The number of fused-ring (bicyclic) bond motifs is 1. The van der Waals surface area contributed by atoms with Crippen molar-refractivity contribution in [2.75, 3.05) is 13.1 Å². The van der Waals surface area contributed by atoms with Gasteiger partial charge in [0.05, 0.1) is 6.42 Å². The quantitative estimate of drug-likeness (QED) is 0.747. The van der Waals surface area contributed by atoms with Crippen molar-refractivity contribution in [3.8, 4) is 0 Å². The van der Waals surface area contributed by atoms with Crippen molar-refractivity contribution in [3.05, 3.63) is 71.7 Å². The van der Waals surface area contributed by atoms with Crippen molar-refractivity contribution < 1.29 is 9.18 Å². The minimum absolute atomic E-state index is 0.141. The molecule has 0 bridgehead atoms. The van der Waals surface area contributed by atoms with E-state index in [0.29, 0.717) is 12.3 Å². The van der Waals surface area contributed by atoms with E-state index in [1.54, 1.807) is 12.1 Å². The van der Waals surface area contributed by atoms with Crippen LogP contribution in [-0.4, -0.2) is 28.9 Å². The van der Waals surface area contributed by atoms with E-state index < -0.39 is 0 Å². The first-order valence-electron chi connectivity index (χ1n) is 9.26. The van der Waals surface area contributed by atoms with Gasteiger partial charge in [0, 0.05) is 30.2 Å². The van der Waals surface area contributed by atoms with Crippen molar-refractivity contribution in [3.63, 3.8) is 0 Å². The molecule has 0 saturated carbocycles. The molecule has 1 amide bonds. The van der Waals surface area contributed by atoms with Crippen molar-refractivity contribution >= 4 is 16.8 Å². The van der Waals surface area contributed by atoms with E-state index in [2.05, 4.69) is 29.4 Å². The number of carbonyl (C=O) groups excluding carboxylic acids is 1. The van der Waals surface area contributed by atoms with Gasteiger partial charge in [0.15, 0.2) is 0 Å². The van der Waals surface area contributed by atoms with Crippen molar-refractivity contribution in [2.45, 2.75) is 25.7 Å². The van der Waals surface area contributed by atoms with Crippen LogP contribution in [0.3, 0.4) is 0 Å². The Kier molecular flexibility index (Phi) is 4.74. The van der Waals surface area contributed by atoms with Gasteiger partial charge in [-0.2, -0.15) is 0 Å². The van der Waals surface area contributed by atoms with Gasteiger partial charge in [-0.25, -0.2) is 4.39 Å². The van der Waals surface area contributed by atoms with E-state index in [1.165, 1.54) is 28.6 Å². The maximum absolute atomic E-state index is 13.0. The molecular weight excluding hydrogens is 327 g/mol. The summed E-state index contributed by atoms with van der Waals surface area (Å²) in [5.41, 5.74) is 3.43. The minimum Gasteiger partial charge on any atom is -0.361 e. The lowest BCUT2D eigenvalue weighted by Crippen LogP contribution is -2.39. The monoisotopic (exact) mass is 350 g/mol. The van der Waals surface area contributed by atoms with Gasteiger partial charge in [-0.1, -0.05) is 30.3 Å². The summed E-state index contributed by atoms with van der Waals surface area (Å²) in [5.74, 6) is 0.491. The molecule has 134 valence electrons. The fourth-order valence-corrected chi connectivity index (χ4v) is 3.89. The van der Waals surface area contributed by atoms with Crippen LogP contribution >= 0.6 is 0 Å². The Morgan fingerprint density at radius 3 is 2.58 bits per heavy atom. The molecule has 0 radical (unpaired) electrons. The molecule has 4 heteroatoms. The highest BCUT2D eigenvalue weighted by Crippen LogP contribution is 2.26. The first-order chi connectivity index (χ1) is 12.7. The first-order valence-corrected chi connectivity index (χ1v) is 9.26. The lowest BCUT2D eigenvalue weighted by molar-refractivity contribution is -0.131. The normalized spacial score (nSPS) is 15.5. The predicted molar refractivity (Wildman–Crippen MR) is 101 cm³/mol. The Bertz CT molecular complexity index is 892. The number of piperidine rings is 1. The standard InChI is InChI=1S/C22H23FN2O/c23-19-7-5-16(6-8-19)14-22(26)25-11-9-17(10-12-25)13-18-15-24-21-4-2-1-3-20(18)21/h1-8,15,17,24H,9-14H2. The topological polar surface area (TPSA) is 36.1 Å². The Morgan fingerprint density at radius 2 is 1.81 bits per heavy atom. The number of aromatic amines is 1. The number of rotatable bonds is 4. The van der Waals surface area contributed by atoms with Gasteiger partial charge in [0.1, 0.15) is 5.82 Å². The summed E-state index contributed by atoms with van der Waals surface area (Å²) >= 11 is 0. The Balaban J connectivity index is 1.32. The number of para-hydroxylation sites is 1. The van der Waals surface area contributed by atoms with E-state index in [4.69, 9.17) is 0 Å². The smallest absolute Gasteiger partial charge is 0.226 e. The molecule has 0 unspecified atom stereocenters. The molecule has 3 nitrogen and oxygen atoms in total. The molecule has 2 heterocycles. The van der Waals surface area contributed by atoms with Crippen molar-refractivity contribution in [1.29, 1.82) is 0 Å². The molecule has 0 atom stereocenters. The summed E-state index contributed by atoms with van der Waals surface area (Å²) < 4.78 is 13.0. The summed E-state index contributed by atoms with van der Waals surface area (Å²) in [6.07, 6.45) is 5.61. The van der Waals surface area contributed by atoms with Crippen LogP contribution in [0.25, 0.3) is 10.9 Å². The summed E-state index contributed by atoms with van der Waals surface area (Å²) in [6.45, 7) is 1.63. The van der Waals surface area contributed by atoms with Crippen LogP contribution in [-0.2, 0) is 17.6 Å². The minimum atomic E-state index is -0.265. The van der Waals surface area contributed by atoms with E-state index in [0.717, 1.165) is 37.9 Å². The average molecular weight is 350 g/mol. The zero-order valence-corrected chi connectivity index (χ0v) is 14.7. The van der Waals surface area contributed by atoms with E-state index in [-0.39, 0.29) is 11.7 Å². The second-order valence-electron chi connectivity index (χ2n) is 7.19. The van der Waals surface area contributed by atoms with E-state index in [1.807, 2.05) is 11.0 Å². The summed E-state index contributed by atoms with van der Waals surface area (Å²) in [7, 11) is 0. The number of nitrogens with one attached hydrogen (secondary N) is 1. The summed E-state index contributed by atoms with van der Waals surface area (Å²) in [5, 5.41) is 1.31. The average Bonchev–Trinajstić information content (AvgIpc) is 3.07. The third-order valence-corrected chi connectivity index (χ3v) is 5.42. The molecule has 1 saturated heterocycles. The number of likely N-dealkylation sites (tertiary alicyclic amines) is 1. The zero-order chi connectivity index (χ0) is 17.9. The molecule has 1 fully saturated rings. The molecule has 3 aromatic rings. The summed E-state index contributed by atoms with van der Waals surface area (Å²) in [4.78, 5) is 17.8. The predicted octanol–water partition coefficient (Wildman–Crippen LogP) is 4.33. The van der Waals surface area contributed by atoms with Crippen LogP contribution in [0.15, 0.2) is 54.7 Å². The van der Waals surface area contributed by atoms with Crippen LogP contribution in [0.4, 0.5) is 4.39 Å². The van der Waals surface area contributed by atoms with Gasteiger partial charge in [-0.05, 0) is 54.5 Å². The number of nitrogens with zero attached hydrogens (tertiary/aromatic N) is 1. The molecule has 2 aromatic carbocycles. The van der Waals surface area contributed by atoms with Crippen LogP contribution in [0.2, 0.25) is 0 Å². The van der Waals surface area contributed by atoms with E-state index in [9.17, 15) is 9.18 Å². The largest absolute Gasteiger partial charge is 0.361 e. The highest BCUT2D eigenvalue weighted by molar-refractivity contribution is 5.83. The van der Waals surface area contributed by atoms with Crippen molar-refractivity contribution in [2.24, 2.45) is 5.92 Å². The number of H-pyrrole nitrogens is 1. The van der Waals surface area contributed by atoms with Gasteiger partial charge in [-0.15, -0.1) is 0 Å². The highest BCUT2D eigenvalue weighted by Gasteiger charge is 2.23. The number of carbonyl (C=O) groups is 1. The first kappa shape index (κ1) is 16.8. The maximum atomic E-state index is 13.0. The molecular formula is C22H23FN2O.